The topological polar surface area (TPSA) is 20.3 Å². The third-order valence-electron chi connectivity index (χ3n) is 2.59. The first-order chi connectivity index (χ1) is 5.52. The number of amides is 1. The van der Waals surface area contributed by atoms with Gasteiger partial charge in [0.05, 0.1) is 0 Å². The highest BCUT2D eigenvalue weighted by Crippen LogP contribution is 2.21. The summed E-state index contributed by atoms with van der Waals surface area (Å²) in [5, 5.41) is 0.249. The van der Waals surface area contributed by atoms with E-state index in [1.54, 1.807) is 0 Å². The Hall–Kier alpha value is -0.180. The molecule has 0 saturated carbocycles. The third kappa shape index (κ3) is 1.94. The molecule has 1 heterocycles. The van der Waals surface area contributed by atoms with Crippen LogP contribution in [0.3, 0.4) is 0 Å². The molecule has 0 N–H and O–H groups in total. The lowest BCUT2D eigenvalue weighted by atomic mass is 10.1. The normalized spacial score (nSPS) is 26.9. The standard InChI is InChI=1S/C9H17NOS/c1-6(2)7(3)10-5-8(12)4-9(10)11/h6-8,12H,4-5H2,1-3H3. The summed E-state index contributed by atoms with van der Waals surface area (Å²) in [5.41, 5.74) is 0. The van der Waals surface area contributed by atoms with Crippen LogP contribution in [0.5, 0.6) is 0 Å². The van der Waals surface area contributed by atoms with Gasteiger partial charge in [0.25, 0.3) is 0 Å². The third-order valence-corrected chi connectivity index (χ3v) is 2.94. The largest absolute Gasteiger partial charge is 0.339 e. The molecule has 2 unspecified atom stereocenters. The molecule has 0 aromatic rings. The smallest absolute Gasteiger partial charge is 0.224 e. The molecule has 0 aliphatic carbocycles. The minimum atomic E-state index is 0.249. The van der Waals surface area contributed by atoms with E-state index < -0.39 is 0 Å². The first-order valence-corrected chi connectivity index (χ1v) is 5.01. The predicted octanol–water partition coefficient (Wildman–Crippen LogP) is 1.56. The van der Waals surface area contributed by atoms with Gasteiger partial charge in [-0.1, -0.05) is 13.8 Å². The van der Waals surface area contributed by atoms with E-state index in [0.29, 0.717) is 18.4 Å². The van der Waals surface area contributed by atoms with E-state index in [9.17, 15) is 4.79 Å². The van der Waals surface area contributed by atoms with E-state index in [2.05, 4.69) is 33.4 Å². The van der Waals surface area contributed by atoms with Crippen molar-refractivity contribution in [2.75, 3.05) is 6.54 Å². The molecule has 0 radical (unpaired) electrons. The number of rotatable bonds is 2. The van der Waals surface area contributed by atoms with Crippen LogP contribution in [0.4, 0.5) is 0 Å². The molecule has 1 aliphatic rings. The molecule has 70 valence electrons. The van der Waals surface area contributed by atoms with Crippen molar-refractivity contribution in [3.05, 3.63) is 0 Å². The lowest BCUT2D eigenvalue weighted by Gasteiger charge is -2.27. The van der Waals surface area contributed by atoms with Crippen molar-refractivity contribution in [1.82, 2.24) is 4.90 Å². The molecule has 0 aromatic heterocycles. The Morgan fingerprint density at radius 3 is 2.42 bits per heavy atom. The molecule has 1 fully saturated rings. The van der Waals surface area contributed by atoms with Crippen molar-refractivity contribution in [3.8, 4) is 0 Å². The second kappa shape index (κ2) is 3.69. The molecule has 1 aliphatic heterocycles. The van der Waals surface area contributed by atoms with E-state index in [1.165, 1.54) is 0 Å². The fraction of sp³-hybridized carbons (Fsp3) is 0.889. The highest BCUT2D eigenvalue weighted by Gasteiger charge is 2.31. The van der Waals surface area contributed by atoms with Crippen molar-refractivity contribution >= 4 is 18.5 Å². The Bertz CT molecular complexity index is 181. The van der Waals surface area contributed by atoms with Crippen molar-refractivity contribution in [2.24, 2.45) is 5.92 Å². The average molecular weight is 187 g/mol. The summed E-state index contributed by atoms with van der Waals surface area (Å²) in [7, 11) is 0. The maximum Gasteiger partial charge on any atom is 0.224 e. The molecule has 0 aromatic carbocycles. The Morgan fingerprint density at radius 1 is 1.50 bits per heavy atom. The Kier molecular flexibility index (Phi) is 3.04. The predicted molar refractivity (Wildman–Crippen MR) is 53.4 cm³/mol. The number of nitrogens with zero attached hydrogens (tertiary/aromatic N) is 1. The first-order valence-electron chi connectivity index (χ1n) is 4.50. The maximum absolute atomic E-state index is 11.4. The minimum Gasteiger partial charge on any atom is -0.339 e. The van der Waals surface area contributed by atoms with Crippen molar-refractivity contribution in [2.45, 2.75) is 38.5 Å². The van der Waals surface area contributed by atoms with Gasteiger partial charge in [-0.05, 0) is 12.8 Å². The molecule has 3 heteroatoms. The van der Waals surface area contributed by atoms with Gasteiger partial charge in [0.1, 0.15) is 0 Å². The quantitative estimate of drug-likeness (QED) is 0.651. The minimum absolute atomic E-state index is 0.249. The molecule has 1 saturated heterocycles. The lowest BCUT2D eigenvalue weighted by Crippen LogP contribution is -2.37. The van der Waals surface area contributed by atoms with Crippen LogP contribution in [0.15, 0.2) is 0 Å². The van der Waals surface area contributed by atoms with Gasteiger partial charge >= 0.3 is 0 Å². The Morgan fingerprint density at radius 2 is 2.08 bits per heavy atom. The zero-order chi connectivity index (χ0) is 9.30. The number of carbonyl (C=O) groups is 1. The molecule has 0 bridgehead atoms. The summed E-state index contributed by atoms with van der Waals surface area (Å²) in [5.74, 6) is 0.795. The maximum atomic E-state index is 11.4. The fourth-order valence-electron chi connectivity index (χ4n) is 1.47. The first kappa shape index (κ1) is 9.90. The highest BCUT2D eigenvalue weighted by molar-refractivity contribution is 7.81. The van der Waals surface area contributed by atoms with Crippen LogP contribution in [0.1, 0.15) is 27.2 Å². The summed E-state index contributed by atoms with van der Waals surface area (Å²) < 4.78 is 0. The molecule has 1 rings (SSSR count). The van der Waals surface area contributed by atoms with Crippen LogP contribution in [0, 0.1) is 5.92 Å². The molecule has 12 heavy (non-hydrogen) atoms. The number of hydrogen-bond acceptors (Lipinski definition) is 2. The van der Waals surface area contributed by atoms with Crippen LogP contribution >= 0.6 is 12.6 Å². The van der Waals surface area contributed by atoms with E-state index in [4.69, 9.17) is 0 Å². The van der Waals surface area contributed by atoms with Crippen molar-refractivity contribution in [3.63, 3.8) is 0 Å². The van der Waals surface area contributed by atoms with Crippen LogP contribution in [-0.4, -0.2) is 28.6 Å². The van der Waals surface area contributed by atoms with Gasteiger partial charge in [-0.2, -0.15) is 12.6 Å². The van der Waals surface area contributed by atoms with Gasteiger partial charge in [0, 0.05) is 24.3 Å². The van der Waals surface area contributed by atoms with Crippen LogP contribution in [0.25, 0.3) is 0 Å². The number of carbonyl (C=O) groups excluding carboxylic acids is 1. The van der Waals surface area contributed by atoms with Gasteiger partial charge in [0.15, 0.2) is 0 Å². The van der Waals surface area contributed by atoms with Gasteiger partial charge in [-0.3, -0.25) is 4.79 Å². The zero-order valence-electron chi connectivity index (χ0n) is 7.95. The highest BCUT2D eigenvalue weighted by atomic mass is 32.1. The monoisotopic (exact) mass is 187 g/mol. The Balaban J connectivity index is 2.58. The van der Waals surface area contributed by atoms with E-state index >= 15 is 0 Å². The van der Waals surface area contributed by atoms with E-state index in [-0.39, 0.29) is 11.2 Å². The van der Waals surface area contributed by atoms with Crippen molar-refractivity contribution in [1.29, 1.82) is 0 Å². The molecule has 0 spiro atoms. The molecule has 2 atom stereocenters. The fourth-order valence-corrected chi connectivity index (χ4v) is 1.80. The zero-order valence-corrected chi connectivity index (χ0v) is 8.84. The second-order valence-corrected chi connectivity index (χ2v) is 4.62. The molecular formula is C9H17NOS. The summed E-state index contributed by atoms with van der Waals surface area (Å²) in [6.45, 7) is 7.21. The van der Waals surface area contributed by atoms with Gasteiger partial charge < -0.3 is 4.90 Å². The van der Waals surface area contributed by atoms with Crippen LogP contribution in [-0.2, 0) is 4.79 Å². The SMILES string of the molecule is CC(C)C(C)N1CC(S)CC1=O. The van der Waals surface area contributed by atoms with E-state index in [1.807, 2.05) is 4.90 Å². The van der Waals surface area contributed by atoms with Crippen molar-refractivity contribution < 1.29 is 4.79 Å². The van der Waals surface area contributed by atoms with Crippen LogP contribution in [0.2, 0.25) is 0 Å². The van der Waals surface area contributed by atoms with Crippen LogP contribution < -0.4 is 0 Å². The lowest BCUT2D eigenvalue weighted by molar-refractivity contribution is -0.130. The van der Waals surface area contributed by atoms with E-state index in [0.717, 1.165) is 6.54 Å². The van der Waals surface area contributed by atoms with Gasteiger partial charge in [-0.15, -0.1) is 0 Å². The summed E-state index contributed by atoms with van der Waals surface area (Å²) in [6.07, 6.45) is 0.611. The molecular weight excluding hydrogens is 170 g/mol. The average Bonchev–Trinajstić information content (AvgIpc) is 2.28. The Labute approximate surface area is 79.7 Å². The number of hydrogen-bond donors (Lipinski definition) is 1. The summed E-state index contributed by atoms with van der Waals surface area (Å²) in [4.78, 5) is 13.4. The molecule has 1 amide bonds. The van der Waals surface area contributed by atoms with Gasteiger partial charge in [-0.25, -0.2) is 0 Å². The van der Waals surface area contributed by atoms with Gasteiger partial charge in [0.2, 0.25) is 5.91 Å². The number of likely N-dealkylation sites (tertiary alicyclic amines) is 1. The summed E-state index contributed by atoms with van der Waals surface area (Å²) >= 11 is 4.31. The molecule has 2 nitrogen and oxygen atoms in total. The second-order valence-electron chi connectivity index (χ2n) is 3.89. The summed E-state index contributed by atoms with van der Waals surface area (Å²) in [6, 6.07) is 0.356. The number of thiol groups is 1.